The molecule has 0 saturated heterocycles. The van der Waals surface area contributed by atoms with Gasteiger partial charge in [0.05, 0.1) is 11.5 Å². The van der Waals surface area contributed by atoms with E-state index in [0.29, 0.717) is 11.8 Å². The van der Waals surface area contributed by atoms with E-state index in [-0.39, 0.29) is 17.7 Å². The third-order valence-corrected chi connectivity index (χ3v) is 5.61. The molecule has 0 fully saturated rings. The summed E-state index contributed by atoms with van der Waals surface area (Å²) in [4.78, 5) is 24.2. The number of nitrogens with zero attached hydrogens (tertiary/aromatic N) is 3. The highest BCUT2D eigenvalue weighted by Gasteiger charge is 2.48. The molecule has 2 aromatic carbocycles. The lowest BCUT2D eigenvalue weighted by atomic mass is 9.88. The van der Waals surface area contributed by atoms with Gasteiger partial charge in [-0.15, -0.1) is 0 Å². The topological polar surface area (TPSA) is 78.4 Å². The Bertz CT molecular complexity index is 1150. The average molecular weight is 384 g/mol. The van der Waals surface area contributed by atoms with Crippen molar-refractivity contribution in [1.82, 2.24) is 9.97 Å². The lowest BCUT2D eigenvalue weighted by Gasteiger charge is -2.26. The Labute approximate surface area is 168 Å². The van der Waals surface area contributed by atoms with E-state index in [9.17, 15) is 9.90 Å². The fourth-order valence-corrected chi connectivity index (χ4v) is 4.00. The van der Waals surface area contributed by atoms with E-state index in [1.165, 1.54) is 0 Å². The van der Waals surface area contributed by atoms with Crippen molar-refractivity contribution in [2.24, 2.45) is 0 Å². The Morgan fingerprint density at radius 2 is 1.90 bits per heavy atom. The number of hydrogen-bond donors (Lipinski definition) is 2. The fraction of sp³-hybridized carbons (Fsp3) is 0.174. The zero-order valence-electron chi connectivity index (χ0n) is 16.1. The molecular formula is C23H20N4O2. The van der Waals surface area contributed by atoms with Crippen molar-refractivity contribution < 1.29 is 9.90 Å². The van der Waals surface area contributed by atoms with Crippen LogP contribution in [0, 0.1) is 0 Å². The fourth-order valence-electron chi connectivity index (χ4n) is 4.00. The zero-order chi connectivity index (χ0) is 20.2. The second-order valence-electron chi connectivity index (χ2n) is 7.81. The van der Waals surface area contributed by atoms with Crippen molar-refractivity contribution in [3.05, 3.63) is 77.5 Å². The van der Waals surface area contributed by atoms with E-state index in [4.69, 9.17) is 4.98 Å². The van der Waals surface area contributed by atoms with Crippen LogP contribution in [0.4, 0.5) is 17.5 Å². The molecule has 6 heteroatoms. The number of benzene rings is 2. The molecule has 2 N–H and O–H groups in total. The lowest BCUT2D eigenvalue weighted by molar-refractivity contribution is -0.122. The molecule has 1 aliphatic carbocycles. The maximum atomic E-state index is 13.4. The van der Waals surface area contributed by atoms with Crippen molar-refractivity contribution in [3.63, 3.8) is 0 Å². The van der Waals surface area contributed by atoms with Gasteiger partial charge >= 0.3 is 0 Å². The summed E-state index contributed by atoms with van der Waals surface area (Å²) in [6.07, 6.45) is 5.52. The van der Waals surface area contributed by atoms with Gasteiger partial charge in [0.15, 0.2) is 0 Å². The van der Waals surface area contributed by atoms with E-state index in [2.05, 4.69) is 10.3 Å². The Kier molecular flexibility index (Phi) is 3.71. The second-order valence-corrected chi connectivity index (χ2v) is 7.81. The molecule has 1 amide bonds. The molecule has 0 spiro atoms. The van der Waals surface area contributed by atoms with Crippen molar-refractivity contribution in [2.75, 3.05) is 10.2 Å². The highest BCUT2D eigenvalue weighted by Crippen LogP contribution is 2.47. The van der Waals surface area contributed by atoms with E-state index < -0.39 is 5.41 Å². The van der Waals surface area contributed by atoms with Crippen LogP contribution in [0.5, 0.6) is 5.75 Å². The number of carbonyl (C=O) groups is 1. The molecule has 29 heavy (non-hydrogen) atoms. The smallest absolute Gasteiger partial charge is 0.239 e. The Hall–Kier alpha value is -3.67. The van der Waals surface area contributed by atoms with Gasteiger partial charge in [-0.25, -0.2) is 4.98 Å². The number of amides is 1. The standard InChI is InChI=1S/C23H20N4O2/c1-23(2)17-13-24-22(25-14-7-4-3-5-8-14)26-20(17)27(21(23)29)18-12-11-16-15(18)9-6-10-19(16)28/h3-13,18,28H,1-2H3,(H,24,25,26)/t18-/m0/s1. The monoisotopic (exact) mass is 384 g/mol. The summed E-state index contributed by atoms with van der Waals surface area (Å²) < 4.78 is 0. The van der Waals surface area contributed by atoms with Crippen LogP contribution in [0.25, 0.3) is 6.08 Å². The van der Waals surface area contributed by atoms with Crippen molar-refractivity contribution in [1.29, 1.82) is 0 Å². The molecular weight excluding hydrogens is 364 g/mol. The number of hydrogen-bond acceptors (Lipinski definition) is 5. The zero-order valence-corrected chi connectivity index (χ0v) is 16.1. The minimum Gasteiger partial charge on any atom is -0.507 e. The Morgan fingerprint density at radius 1 is 1.10 bits per heavy atom. The first kappa shape index (κ1) is 17.4. The number of carbonyl (C=O) groups excluding carboxylic acids is 1. The molecule has 0 unspecified atom stereocenters. The molecule has 5 rings (SSSR count). The molecule has 2 heterocycles. The largest absolute Gasteiger partial charge is 0.507 e. The minimum atomic E-state index is -0.728. The molecule has 1 aliphatic heterocycles. The average Bonchev–Trinajstić information content (AvgIpc) is 3.21. The van der Waals surface area contributed by atoms with Crippen molar-refractivity contribution in [2.45, 2.75) is 25.3 Å². The molecule has 3 aromatic rings. The molecule has 0 saturated carbocycles. The number of nitrogens with one attached hydrogen (secondary N) is 1. The van der Waals surface area contributed by atoms with Gasteiger partial charge in [0.25, 0.3) is 0 Å². The van der Waals surface area contributed by atoms with E-state index in [0.717, 1.165) is 22.4 Å². The van der Waals surface area contributed by atoms with Crippen LogP contribution >= 0.6 is 0 Å². The maximum Gasteiger partial charge on any atom is 0.239 e. The first-order chi connectivity index (χ1) is 14.0. The third kappa shape index (κ3) is 2.60. The Morgan fingerprint density at radius 3 is 2.69 bits per heavy atom. The van der Waals surface area contributed by atoms with Gasteiger partial charge < -0.3 is 10.4 Å². The van der Waals surface area contributed by atoms with E-state index in [1.807, 2.05) is 62.4 Å². The molecule has 2 aliphatic rings. The maximum absolute atomic E-state index is 13.4. The van der Waals surface area contributed by atoms with Crippen molar-refractivity contribution in [3.8, 4) is 5.75 Å². The van der Waals surface area contributed by atoms with Gasteiger partial charge in [-0.1, -0.05) is 42.5 Å². The predicted octanol–water partition coefficient (Wildman–Crippen LogP) is 4.32. The number of aromatic nitrogens is 2. The van der Waals surface area contributed by atoms with Gasteiger partial charge in [-0.2, -0.15) is 4.98 Å². The van der Waals surface area contributed by atoms with Gasteiger partial charge in [-0.3, -0.25) is 9.69 Å². The SMILES string of the molecule is CC1(C)C(=O)N([C@H]2C=Cc3c(O)cccc32)c2nc(Nc3ccccc3)ncc21. The minimum absolute atomic E-state index is 0.0375. The summed E-state index contributed by atoms with van der Waals surface area (Å²) in [5.74, 6) is 1.20. The second kappa shape index (κ2) is 6.17. The van der Waals surface area contributed by atoms with E-state index >= 15 is 0 Å². The van der Waals surface area contributed by atoms with Gasteiger partial charge in [0.1, 0.15) is 11.6 Å². The van der Waals surface area contributed by atoms with Gasteiger partial charge in [0, 0.05) is 23.0 Å². The number of aromatic hydroxyl groups is 1. The van der Waals surface area contributed by atoms with Crippen LogP contribution < -0.4 is 10.2 Å². The number of phenolic OH excluding ortho intramolecular Hbond substituents is 1. The quantitative estimate of drug-likeness (QED) is 0.703. The molecule has 0 radical (unpaired) electrons. The van der Waals surface area contributed by atoms with Crippen LogP contribution in [0.15, 0.2) is 60.8 Å². The number of phenols is 1. The Balaban J connectivity index is 1.59. The van der Waals surface area contributed by atoms with Gasteiger partial charge in [-0.05, 0) is 37.6 Å². The number of para-hydroxylation sites is 1. The number of rotatable bonds is 3. The first-order valence-corrected chi connectivity index (χ1v) is 9.50. The van der Waals surface area contributed by atoms with Crippen LogP contribution in [0.3, 0.4) is 0 Å². The van der Waals surface area contributed by atoms with Crippen LogP contribution in [0.1, 0.15) is 36.6 Å². The number of fused-ring (bicyclic) bond motifs is 2. The van der Waals surface area contributed by atoms with Gasteiger partial charge in [0.2, 0.25) is 11.9 Å². The summed E-state index contributed by atoms with van der Waals surface area (Å²) in [5.41, 5.74) is 2.57. The molecule has 6 nitrogen and oxygen atoms in total. The predicted molar refractivity (Wildman–Crippen MR) is 112 cm³/mol. The summed E-state index contributed by atoms with van der Waals surface area (Å²) in [5, 5.41) is 13.4. The molecule has 0 bridgehead atoms. The van der Waals surface area contributed by atoms with Crippen LogP contribution in [-0.2, 0) is 10.2 Å². The number of anilines is 3. The normalized spacial score (nSPS) is 18.6. The molecule has 1 aromatic heterocycles. The summed E-state index contributed by atoms with van der Waals surface area (Å²) in [7, 11) is 0. The molecule has 144 valence electrons. The summed E-state index contributed by atoms with van der Waals surface area (Å²) in [6, 6.07) is 14.7. The highest BCUT2D eigenvalue weighted by molar-refractivity contribution is 6.07. The van der Waals surface area contributed by atoms with E-state index in [1.54, 1.807) is 23.2 Å². The summed E-state index contributed by atoms with van der Waals surface area (Å²) >= 11 is 0. The summed E-state index contributed by atoms with van der Waals surface area (Å²) in [6.45, 7) is 3.79. The lowest BCUT2D eigenvalue weighted by Crippen LogP contribution is -2.38. The first-order valence-electron chi connectivity index (χ1n) is 9.50. The van der Waals surface area contributed by atoms with Crippen molar-refractivity contribution >= 4 is 29.4 Å². The molecule has 1 atom stereocenters. The third-order valence-electron chi connectivity index (χ3n) is 5.61. The van der Waals surface area contributed by atoms with Crippen LogP contribution in [-0.4, -0.2) is 21.0 Å². The highest BCUT2D eigenvalue weighted by atomic mass is 16.3. The van der Waals surface area contributed by atoms with Crippen LogP contribution in [0.2, 0.25) is 0 Å².